The van der Waals surface area contributed by atoms with Crippen LogP contribution in [0.2, 0.25) is 0 Å². The number of para-hydroxylation sites is 2. The summed E-state index contributed by atoms with van der Waals surface area (Å²) >= 11 is 0. The summed E-state index contributed by atoms with van der Waals surface area (Å²) < 4.78 is 6.25. The molecule has 0 fully saturated rings. The number of nitrogens with one attached hydrogen (secondary N) is 1. The first-order valence-corrected chi connectivity index (χ1v) is 5.30. The van der Waals surface area contributed by atoms with Crippen molar-refractivity contribution in [2.24, 2.45) is 0 Å². The van der Waals surface area contributed by atoms with Crippen molar-refractivity contribution < 1.29 is 14.6 Å². The number of carbonyl (C=O) groups is 1. The molecule has 2 rings (SSSR count). The summed E-state index contributed by atoms with van der Waals surface area (Å²) in [6.07, 6.45) is 2.30. The van der Waals surface area contributed by atoms with E-state index < -0.39 is 6.09 Å². The van der Waals surface area contributed by atoms with Crippen LogP contribution in [-0.4, -0.2) is 39.2 Å². The number of ether oxygens (including phenoxy) is 1. The lowest BCUT2D eigenvalue weighted by atomic mass is 10.2. The highest BCUT2D eigenvalue weighted by molar-refractivity contribution is 5.87. The SMILES string of the molecule is O=C(Nc1ccccc1-n1cncn1)OCCO. The van der Waals surface area contributed by atoms with Gasteiger partial charge in [-0.25, -0.2) is 14.5 Å². The van der Waals surface area contributed by atoms with Gasteiger partial charge in [-0.3, -0.25) is 5.32 Å². The van der Waals surface area contributed by atoms with Crippen molar-refractivity contribution in [3.63, 3.8) is 0 Å². The van der Waals surface area contributed by atoms with Crippen molar-refractivity contribution >= 4 is 11.8 Å². The Kier molecular flexibility index (Phi) is 3.87. The zero-order chi connectivity index (χ0) is 12.8. The lowest BCUT2D eigenvalue weighted by Gasteiger charge is -2.10. The summed E-state index contributed by atoms with van der Waals surface area (Å²) in [5.41, 5.74) is 1.22. The molecule has 1 amide bonds. The molecule has 0 unspecified atom stereocenters. The van der Waals surface area contributed by atoms with Gasteiger partial charge in [-0.15, -0.1) is 0 Å². The highest BCUT2D eigenvalue weighted by Gasteiger charge is 2.08. The maximum Gasteiger partial charge on any atom is 0.411 e. The van der Waals surface area contributed by atoms with Crippen LogP contribution in [0.15, 0.2) is 36.9 Å². The molecule has 0 aliphatic rings. The maximum absolute atomic E-state index is 11.4. The fourth-order valence-electron chi connectivity index (χ4n) is 1.40. The minimum absolute atomic E-state index is 0.0443. The molecule has 1 aromatic carbocycles. The van der Waals surface area contributed by atoms with Crippen LogP contribution in [0.25, 0.3) is 5.69 Å². The number of amides is 1. The molecule has 94 valence electrons. The van der Waals surface area contributed by atoms with E-state index in [1.54, 1.807) is 18.2 Å². The number of nitrogens with zero attached hydrogens (tertiary/aromatic N) is 3. The molecule has 7 heteroatoms. The van der Waals surface area contributed by atoms with Gasteiger partial charge in [0, 0.05) is 0 Å². The molecule has 18 heavy (non-hydrogen) atoms. The van der Waals surface area contributed by atoms with Gasteiger partial charge in [-0.2, -0.15) is 5.10 Å². The molecule has 0 bridgehead atoms. The lowest BCUT2D eigenvalue weighted by molar-refractivity contribution is 0.131. The number of benzene rings is 1. The van der Waals surface area contributed by atoms with E-state index in [1.165, 1.54) is 17.3 Å². The zero-order valence-corrected chi connectivity index (χ0v) is 9.48. The molecule has 1 heterocycles. The van der Waals surface area contributed by atoms with Gasteiger partial charge in [0.05, 0.1) is 18.0 Å². The molecular formula is C11H12N4O3. The van der Waals surface area contributed by atoms with Crippen molar-refractivity contribution in [3.8, 4) is 5.69 Å². The van der Waals surface area contributed by atoms with Crippen molar-refractivity contribution in [2.75, 3.05) is 18.5 Å². The standard InChI is InChI=1S/C11H12N4O3/c16-5-6-18-11(17)14-9-3-1-2-4-10(9)15-8-12-7-13-15/h1-4,7-8,16H,5-6H2,(H,14,17). The van der Waals surface area contributed by atoms with E-state index in [-0.39, 0.29) is 13.2 Å². The van der Waals surface area contributed by atoms with E-state index >= 15 is 0 Å². The number of aliphatic hydroxyl groups excluding tert-OH is 1. The molecule has 7 nitrogen and oxygen atoms in total. The van der Waals surface area contributed by atoms with E-state index in [0.29, 0.717) is 11.4 Å². The quantitative estimate of drug-likeness (QED) is 0.835. The fraction of sp³-hybridized carbons (Fsp3) is 0.182. The van der Waals surface area contributed by atoms with Gasteiger partial charge in [-0.1, -0.05) is 12.1 Å². The van der Waals surface area contributed by atoms with Gasteiger partial charge in [0.15, 0.2) is 0 Å². The minimum atomic E-state index is -0.628. The molecule has 2 N–H and O–H groups in total. The topological polar surface area (TPSA) is 89.3 Å². The third-order valence-electron chi connectivity index (χ3n) is 2.13. The molecule has 0 radical (unpaired) electrons. The van der Waals surface area contributed by atoms with Crippen molar-refractivity contribution in [1.29, 1.82) is 0 Å². The Bertz CT molecular complexity index is 513. The molecule has 0 saturated carbocycles. The molecular weight excluding hydrogens is 236 g/mol. The summed E-state index contributed by atoms with van der Waals surface area (Å²) in [4.78, 5) is 15.2. The summed E-state index contributed by atoms with van der Waals surface area (Å²) in [7, 11) is 0. The maximum atomic E-state index is 11.4. The smallest absolute Gasteiger partial charge is 0.411 e. The Morgan fingerprint density at radius 3 is 3.00 bits per heavy atom. The van der Waals surface area contributed by atoms with Crippen LogP contribution in [-0.2, 0) is 4.74 Å². The van der Waals surface area contributed by atoms with E-state index in [9.17, 15) is 4.79 Å². The first kappa shape index (κ1) is 12.1. The first-order chi connectivity index (χ1) is 8.81. The Labute approximate surface area is 103 Å². The second kappa shape index (κ2) is 5.78. The molecule has 0 aliphatic carbocycles. The van der Waals surface area contributed by atoms with E-state index in [4.69, 9.17) is 9.84 Å². The van der Waals surface area contributed by atoms with Gasteiger partial charge >= 0.3 is 6.09 Å². The summed E-state index contributed by atoms with van der Waals surface area (Å²) in [5.74, 6) is 0. The summed E-state index contributed by atoms with van der Waals surface area (Å²) in [6.45, 7) is -0.254. The summed E-state index contributed by atoms with van der Waals surface area (Å²) in [5, 5.41) is 15.1. The highest BCUT2D eigenvalue weighted by Crippen LogP contribution is 2.18. The summed E-state index contributed by atoms with van der Waals surface area (Å²) in [6, 6.07) is 7.11. The van der Waals surface area contributed by atoms with Gasteiger partial charge < -0.3 is 9.84 Å². The lowest BCUT2D eigenvalue weighted by Crippen LogP contribution is -2.17. The average molecular weight is 248 g/mol. The Morgan fingerprint density at radius 2 is 2.28 bits per heavy atom. The Hall–Kier alpha value is -2.41. The largest absolute Gasteiger partial charge is 0.447 e. The van der Waals surface area contributed by atoms with Crippen LogP contribution < -0.4 is 5.32 Å². The Morgan fingerprint density at radius 1 is 1.44 bits per heavy atom. The fourth-order valence-corrected chi connectivity index (χ4v) is 1.40. The predicted molar refractivity (Wildman–Crippen MR) is 63.4 cm³/mol. The van der Waals surface area contributed by atoms with E-state index in [1.807, 2.05) is 6.07 Å². The van der Waals surface area contributed by atoms with Gasteiger partial charge in [-0.05, 0) is 12.1 Å². The molecule has 1 aromatic heterocycles. The van der Waals surface area contributed by atoms with Crippen LogP contribution >= 0.6 is 0 Å². The van der Waals surface area contributed by atoms with Crippen LogP contribution in [0.5, 0.6) is 0 Å². The van der Waals surface area contributed by atoms with E-state index in [2.05, 4.69) is 15.4 Å². The third kappa shape index (κ3) is 2.83. The van der Waals surface area contributed by atoms with E-state index in [0.717, 1.165) is 0 Å². The van der Waals surface area contributed by atoms with Crippen molar-refractivity contribution in [3.05, 3.63) is 36.9 Å². The second-order valence-corrected chi connectivity index (χ2v) is 3.34. The monoisotopic (exact) mass is 248 g/mol. The number of anilines is 1. The highest BCUT2D eigenvalue weighted by atomic mass is 16.6. The third-order valence-corrected chi connectivity index (χ3v) is 2.13. The number of rotatable bonds is 4. The van der Waals surface area contributed by atoms with Crippen molar-refractivity contribution in [1.82, 2.24) is 14.8 Å². The molecule has 2 aromatic rings. The minimum Gasteiger partial charge on any atom is -0.447 e. The van der Waals surface area contributed by atoms with Crippen LogP contribution in [0, 0.1) is 0 Å². The molecule has 0 saturated heterocycles. The number of aromatic nitrogens is 3. The second-order valence-electron chi connectivity index (χ2n) is 3.34. The van der Waals surface area contributed by atoms with Crippen LogP contribution in [0.3, 0.4) is 0 Å². The van der Waals surface area contributed by atoms with Crippen LogP contribution in [0.4, 0.5) is 10.5 Å². The average Bonchev–Trinajstić information content (AvgIpc) is 2.91. The normalized spacial score (nSPS) is 10.1. The number of carbonyl (C=O) groups excluding carboxylic acids is 1. The van der Waals surface area contributed by atoms with Crippen molar-refractivity contribution in [2.45, 2.75) is 0 Å². The van der Waals surface area contributed by atoms with Gasteiger partial charge in [0.2, 0.25) is 0 Å². The molecule has 0 aliphatic heterocycles. The number of hydrogen-bond donors (Lipinski definition) is 2. The van der Waals surface area contributed by atoms with Gasteiger partial charge in [0.25, 0.3) is 0 Å². The van der Waals surface area contributed by atoms with Gasteiger partial charge in [0.1, 0.15) is 19.3 Å². The predicted octanol–water partition coefficient (Wildman–Crippen LogP) is 0.808. The Balaban J connectivity index is 2.16. The molecule has 0 spiro atoms. The van der Waals surface area contributed by atoms with Crippen LogP contribution in [0.1, 0.15) is 0 Å². The zero-order valence-electron chi connectivity index (χ0n) is 9.48. The number of hydrogen-bond acceptors (Lipinski definition) is 5. The molecule has 0 atom stereocenters. The number of aliphatic hydroxyl groups is 1. The first-order valence-electron chi connectivity index (χ1n) is 5.30.